The van der Waals surface area contributed by atoms with E-state index in [1.54, 1.807) is 0 Å². The Kier molecular flexibility index (Phi) is 5.37. The van der Waals surface area contributed by atoms with E-state index in [9.17, 15) is 22.4 Å². The molecule has 0 radical (unpaired) electrons. The maximum Gasteiger partial charge on any atom is 0.319 e. The van der Waals surface area contributed by atoms with Crippen molar-refractivity contribution in [2.24, 2.45) is 5.92 Å². The van der Waals surface area contributed by atoms with Gasteiger partial charge in [0.25, 0.3) is 0 Å². The molecule has 0 atom stereocenters. The van der Waals surface area contributed by atoms with Crippen molar-refractivity contribution in [1.82, 2.24) is 9.47 Å². The minimum Gasteiger partial charge on any atom is -0.344 e. The van der Waals surface area contributed by atoms with Crippen LogP contribution in [-0.2, 0) is 6.54 Å². The SMILES string of the molecule is Cc1c(C=O)c2ccccc2n1CC1CCN(CC(F)(F)C(F)F)CC1. The molecule has 1 aromatic heterocycles. The summed E-state index contributed by atoms with van der Waals surface area (Å²) in [5.74, 6) is -3.70. The van der Waals surface area contributed by atoms with Crippen LogP contribution in [0.25, 0.3) is 10.9 Å². The molecule has 1 saturated heterocycles. The third kappa shape index (κ3) is 3.63. The number of alkyl halides is 4. The van der Waals surface area contributed by atoms with Gasteiger partial charge in [-0.15, -0.1) is 0 Å². The molecule has 0 saturated carbocycles. The average Bonchev–Trinajstić information content (AvgIpc) is 2.88. The van der Waals surface area contributed by atoms with E-state index in [0.717, 1.165) is 22.9 Å². The molecule has 1 aliphatic heterocycles. The number of fused-ring (bicyclic) bond motifs is 1. The number of piperidine rings is 1. The standard InChI is InChI=1S/C19H22F4N2O/c1-13-16(11-26)15-4-2-3-5-17(15)25(13)10-14-6-8-24(9-7-14)12-19(22,23)18(20)21/h2-5,11,14,18H,6-10,12H2,1H3. The van der Waals surface area contributed by atoms with Crippen molar-refractivity contribution in [3.63, 3.8) is 0 Å². The number of hydrogen-bond donors (Lipinski definition) is 0. The Morgan fingerprint density at radius 2 is 1.88 bits per heavy atom. The van der Waals surface area contributed by atoms with Gasteiger partial charge in [-0.1, -0.05) is 18.2 Å². The van der Waals surface area contributed by atoms with Crippen LogP contribution in [0.2, 0.25) is 0 Å². The number of benzene rings is 1. The Morgan fingerprint density at radius 1 is 1.23 bits per heavy atom. The number of nitrogens with zero attached hydrogens (tertiary/aromatic N) is 2. The third-order valence-corrected chi connectivity index (χ3v) is 5.30. The van der Waals surface area contributed by atoms with Gasteiger partial charge < -0.3 is 4.57 Å². The highest BCUT2D eigenvalue weighted by Gasteiger charge is 2.42. The van der Waals surface area contributed by atoms with E-state index in [1.807, 2.05) is 31.2 Å². The van der Waals surface area contributed by atoms with Crippen molar-refractivity contribution in [3.8, 4) is 0 Å². The Labute approximate surface area is 149 Å². The lowest BCUT2D eigenvalue weighted by Crippen LogP contribution is -2.45. The lowest BCUT2D eigenvalue weighted by molar-refractivity contribution is -0.144. The Morgan fingerprint density at radius 3 is 2.50 bits per heavy atom. The topological polar surface area (TPSA) is 25.2 Å². The largest absolute Gasteiger partial charge is 0.344 e. The molecule has 2 aromatic rings. The summed E-state index contributed by atoms with van der Waals surface area (Å²) < 4.78 is 53.2. The number of para-hydroxylation sites is 1. The van der Waals surface area contributed by atoms with Crippen LogP contribution in [0.3, 0.4) is 0 Å². The molecular weight excluding hydrogens is 348 g/mol. The van der Waals surface area contributed by atoms with Gasteiger partial charge in [-0.3, -0.25) is 9.69 Å². The van der Waals surface area contributed by atoms with Crippen molar-refractivity contribution >= 4 is 17.2 Å². The van der Waals surface area contributed by atoms with Crippen LogP contribution in [0.15, 0.2) is 24.3 Å². The van der Waals surface area contributed by atoms with Crippen LogP contribution in [0.1, 0.15) is 28.9 Å². The Balaban J connectivity index is 1.68. The summed E-state index contributed by atoms with van der Waals surface area (Å²) in [7, 11) is 0. The van der Waals surface area contributed by atoms with Crippen LogP contribution in [0, 0.1) is 12.8 Å². The number of rotatable bonds is 6. The predicted octanol–water partition coefficient (Wildman–Crippen LogP) is 4.37. The van der Waals surface area contributed by atoms with E-state index in [-0.39, 0.29) is 5.92 Å². The molecule has 0 unspecified atom stereocenters. The molecule has 0 aliphatic carbocycles. The highest BCUT2D eigenvalue weighted by molar-refractivity contribution is 5.99. The van der Waals surface area contributed by atoms with Crippen molar-refractivity contribution in [1.29, 1.82) is 0 Å². The summed E-state index contributed by atoms with van der Waals surface area (Å²) in [6.07, 6.45) is -1.43. The maximum atomic E-state index is 13.2. The van der Waals surface area contributed by atoms with E-state index in [0.29, 0.717) is 38.0 Å². The van der Waals surface area contributed by atoms with Gasteiger partial charge in [-0.25, -0.2) is 8.78 Å². The fourth-order valence-electron chi connectivity index (χ4n) is 3.79. The fourth-order valence-corrected chi connectivity index (χ4v) is 3.79. The first-order valence-electron chi connectivity index (χ1n) is 8.75. The van der Waals surface area contributed by atoms with Gasteiger partial charge in [-0.2, -0.15) is 8.78 Å². The lowest BCUT2D eigenvalue weighted by Gasteiger charge is -2.34. The van der Waals surface area contributed by atoms with E-state index < -0.39 is 18.9 Å². The summed E-state index contributed by atoms with van der Waals surface area (Å²) >= 11 is 0. The molecule has 1 fully saturated rings. The van der Waals surface area contributed by atoms with Crippen molar-refractivity contribution in [2.75, 3.05) is 19.6 Å². The van der Waals surface area contributed by atoms with Gasteiger partial charge in [0.1, 0.15) is 0 Å². The molecule has 1 aliphatic rings. The highest BCUT2D eigenvalue weighted by Crippen LogP contribution is 2.30. The lowest BCUT2D eigenvalue weighted by atomic mass is 9.96. The van der Waals surface area contributed by atoms with Crippen LogP contribution in [0.4, 0.5) is 17.6 Å². The number of carbonyl (C=O) groups is 1. The fraction of sp³-hybridized carbons (Fsp3) is 0.526. The van der Waals surface area contributed by atoms with Crippen LogP contribution >= 0.6 is 0 Å². The van der Waals surface area contributed by atoms with Crippen molar-refractivity contribution in [2.45, 2.75) is 38.7 Å². The predicted molar refractivity (Wildman–Crippen MR) is 92.2 cm³/mol. The first kappa shape index (κ1) is 18.9. The summed E-state index contributed by atoms with van der Waals surface area (Å²) in [5.41, 5.74) is 2.56. The molecule has 0 spiro atoms. The van der Waals surface area contributed by atoms with Gasteiger partial charge in [0, 0.05) is 28.7 Å². The quantitative estimate of drug-likeness (QED) is 0.557. The number of carbonyl (C=O) groups excluding carboxylic acids is 1. The van der Waals surface area contributed by atoms with Gasteiger partial charge in [0.2, 0.25) is 0 Å². The van der Waals surface area contributed by atoms with Crippen LogP contribution < -0.4 is 0 Å². The number of likely N-dealkylation sites (tertiary alicyclic amines) is 1. The first-order chi connectivity index (χ1) is 12.3. The maximum absolute atomic E-state index is 13.2. The van der Waals surface area contributed by atoms with E-state index >= 15 is 0 Å². The molecule has 26 heavy (non-hydrogen) atoms. The molecule has 142 valence electrons. The van der Waals surface area contributed by atoms with Crippen LogP contribution in [0.5, 0.6) is 0 Å². The van der Waals surface area contributed by atoms with E-state index in [1.165, 1.54) is 4.90 Å². The van der Waals surface area contributed by atoms with Crippen molar-refractivity contribution in [3.05, 3.63) is 35.5 Å². The van der Waals surface area contributed by atoms with E-state index in [4.69, 9.17) is 0 Å². The zero-order valence-electron chi connectivity index (χ0n) is 14.6. The first-order valence-corrected chi connectivity index (χ1v) is 8.75. The molecule has 1 aromatic carbocycles. The smallest absolute Gasteiger partial charge is 0.319 e. The number of aromatic nitrogens is 1. The number of hydrogen-bond acceptors (Lipinski definition) is 2. The number of halogens is 4. The third-order valence-electron chi connectivity index (χ3n) is 5.30. The monoisotopic (exact) mass is 370 g/mol. The molecule has 7 heteroatoms. The highest BCUT2D eigenvalue weighted by atomic mass is 19.3. The minimum atomic E-state index is -3.96. The zero-order chi connectivity index (χ0) is 18.9. The average molecular weight is 370 g/mol. The zero-order valence-corrected chi connectivity index (χ0v) is 14.6. The second-order valence-electron chi connectivity index (χ2n) is 7.03. The summed E-state index contributed by atoms with van der Waals surface area (Å²) in [6.45, 7) is 2.47. The van der Waals surface area contributed by atoms with E-state index in [2.05, 4.69) is 4.57 Å². The second kappa shape index (κ2) is 7.39. The summed E-state index contributed by atoms with van der Waals surface area (Å²) in [6, 6.07) is 7.69. The Bertz CT molecular complexity index is 779. The van der Waals surface area contributed by atoms with Gasteiger partial charge >= 0.3 is 12.3 Å². The minimum absolute atomic E-state index is 0.264. The van der Waals surface area contributed by atoms with Gasteiger partial charge in [0.05, 0.1) is 6.54 Å². The Hall–Kier alpha value is -1.89. The van der Waals surface area contributed by atoms with Gasteiger partial charge in [-0.05, 0) is 44.8 Å². The summed E-state index contributed by atoms with van der Waals surface area (Å²) in [4.78, 5) is 12.8. The van der Waals surface area contributed by atoms with Crippen molar-refractivity contribution < 1.29 is 22.4 Å². The summed E-state index contributed by atoms with van der Waals surface area (Å²) in [5, 5.41) is 0.911. The molecular formula is C19H22F4N2O. The molecule has 0 N–H and O–H groups in total. The normalized spacial score (nSPS) is 17.3. The number of aldehydes is 1. The molecule has 0 bridgehead atoms. The second-order valence-corrected chi connectivity index (χ2v) is 7.03. The molecule has 3 nitrogen and oxygen atoms in total. The molecule has 2 heterocycles. The van der Waals surface area contributed by atoms with Gasteiger partial charge in [0.15, 0.2) is 6.29 Å². The molecule has 3 rings (SSSR count). The van der Waals surface area contributed by atoms with Crippen LogP contribution in [-0.4, -0.2) is 47.7 Å². The molecule has 0 amide bonds.